The zero-order valence-electron chi connectivity index (χ0n) is 12.0. The second-order valence-corrected chi connectivity index (χ2v) is 4.25. The van der Waals surface area contributed by atoms with Crippen LogP contribution in [0.4, 0.5) is 5.82 Å². The summed E-state index contributed by atoms with van der Waals surface area (Å²) in [7, 11) is 0. The smallest absolute Gasteiger partial charge is 0.342 e. The average molecular weight is 284 g/mol. The predicted molar refractivity (Wildman–Crippen MR) is 72.4 cm³/mol. The number of carbonyl (C=O) groups is 1. The van der Waals surface area contributed by atoms with Gasteiger partial charge >= 0.3 is 11.8 Å². The lowest BCUT2D eigenvalue weighted by atomic mass is 10.4. The first-order chi connectivity index (χ1) is 9.49. The molecule has 0 amide bonds. The molecule has 0 saturated heterocycles. The van der Waals surface area contributed by atoms with Gasteiger partial charge in [0.05, 0.1) is 13.2 Å². The van der Waals surface area contributed by atoms with Crippen LogP contribution in [-0.2, 0) is 16.1 Å². The molecule has 0 aliphatic heterocycles. The molecule has 1 aromatic heterocycles. The van der Waals surface area contributed by atoms with Gasteiger partial charge < -0.3 is 14.9 Å². The van der Waals surface area contributed by atoms with Crippen molar-refractivity contribution in [2.45, 2.75) is 27.3 Å². The lowest BCUT2D eigenvalue weighted by Gasteiger charge is -2.18. The Bertz CT molecular complexity index is 472. The van der Waals surface area contributed by atoms with E-state index in [0.717, 1.165) is 0 Å². The van der Waals surface area contributed by atoms with Crippen LogP contribution in [0.1, 0.15) is 19.7 Å². The van der Waals surface area contributed by atoms with Gasteiger partial charge in [-0.15, -0.1) is 0 Å². The number of imidazole rings is 1. The molecule has 0 fully saturated rings. The Labute approximate surface area is 117 Å². The molecule has 1 rings (SSSR count). The standard InChI is InChI=1S/C12H20N4O4/c1-4-14(9-12(17)20-5-2)6-7-15-10(3)13-8-11(15)16(18)19/h8H,4-7,9H2,1-3H3. The third-order valence-corrected chi connectivity index (χ3v) is 2.97. The Morgan fingerprint density at radius 1 is 1.55 bits per heavy atom. The number of nitrogens with zero attached hydrogens (tertiary/aromatic N) is 4. The van der Waals surface area contributed by atoms with Crippen LogP contribution < -0.4 is 0 Å². The summed E-state index contributed by atoms with van der Waals surface area (Å²) in [6, 6.07) is 0. The monoisotopic (exact) mass is 284 g/mol. The molecule has 8 nitrogen and oxygen atoms in total. The van der Waals surface area contributed by atoms with Crippen LogP contribution in [-0.4, -0.2) is 51.6 Å². The lowest BCUT2D eigenvalue weighted by molar-refractivity contribution is -0.392. The predicted octanol–water partition coefficient (Wildman–Crippen LogP) is 0.985. The molecule has 0 spiro atoms. The molecule has 1 aromatic rings. The van der Waals surface area contributed by atoms with Crippen LogP contribution in [0.5, 0.6) is 0 Å². The Morgan fingerprint density at radius 2 is 2.25 bits per heavy atom. The van der Waals surface area contributed by atoms with Crippen molar-refractivity contribution in [2.24, 2.45) is 0 Å². The van der Waals surface area contributed by atoms with E-state index in [0.29, 0.717) is 32.1 Å². The largest absolute Gasteiger partial charge is 0.465 e. The van der Waals surface area contributed by atoms with E-state index in [1.807, 2.05) is 11.8 Å². The topological polar surface area (TPSA) is 90.5 Å². The third kappa shape index (κ3) is 4.30. The fraction of sp³-hybridized carbons (Fsp3) is 0.667. The number of aromatic nitrogens is 2. The minimum atomic E-state index is -0.457. The van der Waals surface area contributed by atoms with Crippen molar-refractivity contribution in [3.05, 3.63) is 22.1 Å². The van der Waals surface area contributed by atoms with Gasteiger partial charge in [0.15, 0.2) is 5.82 Å². The molecule has 8 heteroatoms. The van der Waals surface area contributed by atoms with E-state index >= 15 is 0 Å². The first kappa shape index (κ1) is 16.1. The minimum absolute atomic E-state index is 0.0327. The maximum atomic E-state index is 11.4. The number of rotatable bonds is 8. The molecule has 0 aliphatic carbocycles. The molecule has 1 heterocycles. The van der Waals surface area contributed by atoms with E-state index in [4.69, 9.17) is 4.74 Å². The highest BCUT2D eigenvalue weighted by molar-refractivity contribution is 5.71. The Balaban J connectivity index is 2.62. The van der Waals surface area contributed by atoms with Gasteiger partial charge in [-0.05, 0) is 18.4 Å². The van der Waals surface area contributed by atoms with Crippen molar-refractivity contribution < 1.29 is 14.5 Å². The van der Waals surface area contributed by atoms with E-state index in [-0.39, 0.29) is 18.3 Å². The minimum Gasteiger partial charge on any atom is -0.465 e. The number of hydrogen-bond donors (Lipinski definition) is 0. The molecule has 20 heavy (non-hydrogen) atoms. The van der Waals surface area contributed by atoms with Gasteiger partial charge in [-0.2, -0.15) is 0 Å². The first-order valence-corrected chi connectivity index (χ1v) is 6.54. The molecular weight excluding hydrogens is 264 g/mol. The summed E-state index contributed by atoms with van der Waals surface area (Å²) in [6.45, 7) is 7.53. The van der Waals surface area contributed by atoms with Gasteiger partial charge in [0.2, 0.25) is 0 Å². The van der Waals surface area contributed by atoms with E-state index in [1.54, 1.807) is 13.8 Å². The van der Waals surface area contributed by atoms with E-state index < -0.39 is 4.92 Å². The van der Waals surface area contributed by atoms with Crippen molar-refractivity contribution in [3.8, 4) is 0 Å². The van der Waals surface area contributed by atoms with Crippen molar-refractivity contribution in [1.82, 2.24) is 14.5 Å². The molecule has 0 bridgehead atoms. The van der Waals surface area contributed by atoms with E-state index in [9.17, 15) is 14.9 Å². The SMILES string of the molecule is CCOC(=O)CN(CC)CCn1c([N+](=O)[O-])cnc1C. The van der Waals surface area contributed by atoms with Crippen molar-refractivity contribution in [3.63, 3.8) is 0 Å². The summed E-state index contributed by atoms with van der Waals surface area (Å²) in [5.41, 5.74) is 0. The highest BCUT2D eigenvalue weighted by Gasteiger charge is 2.18. The normalized spacial score (nSPS) is 10.8. The molecule has 0 N–H and O–H groups in total. The first-order valence-electron chi connectivity index (χ1n) is 6.54. The maximum absolute atomic E-state index is 11.4. The molecule has 0 atom stereocenters. The number of carbonyl (C=O) groups excluding carboxylic acids is 1. The van der Waals surface area contributed by atoms with Crippen LogP contribution in [0, 0.1) is 17.0 Å². The molecule has 0 saturated carbocycles. The van der Waals surface area contributed by atoms with Crippen LogP contribution >= 0.6 is 0 Å². The van der Waals surface area contributed by atoms with Crippen LogP contribution in [0.25, 0.3) is 0 Å². The zero-order chi connectivity index (χ0) is 15.1. The lowest BCUT2D eigenvalue weighted by Crippen LogP contribution is -2.33. The van der Waals surface area contributed by atoms with Gasteiger partial charge in [-0.25, -0.2) is 9.55 Å². The summed E-state index contributed by atoms with van der Waals surface area (Å²) < 4.78 is 6.42. The molecule has 0 radical (unpaired) electrons. The molecule has 112 valence electrons. The molecule has 0 unspecified atom stereocenters. The Morgan fingerprint density at radius 3 is 2.80 bits per heavy atom. The van der Waals surface area contributed by atoms with Gasteiger partial charge in [0.1, 0.15) is 12.7 Å². The average Bonchev–Trinajstić information content (AvgIpc) is 2.76. The van der Waals surface area contributed by atoms with Gasteiger partial charge in [-0.3, -0.25) is 9.69 Å². The molecular formula is C12H20N4O4. The summed E-state index contributed by atoms with van der Waals surface area (Å²) in [5.74, 6) is 0.268. The maximum Gasteiger partial charge on any atom is 0.342 e. The second kappa shape index (κ2) is 7.59. The highest BCUT2D eigenvalue weighted by Crippen LogP contribution is 2.13. The van der Waals surface area contributed by atoms with Gasteiger partial charge in [0, 0.05) is 13.5 Å². The number of likely N-dealkylation sites (N-methyl/N-ethyl adjacent to an activating group) is 1. The fourth-order valence-electron chi connectivity index (χ4n) is 1.86. The fourth-order valence-corrected chi connectivity index (χ4v) is 1.86. The highest BCUT2D eigenvalue weighted by atomic mass is 16.6. The molecule has 0 aromatic carbocycles. The molecule has 0 aliphatic rings. The number of aryl methyl sites for hydroxylation is 1. The Kier molecular flexibility index (Phi) is 6.10. The summed E-state index contributed by atoms with van der Waals surface area (Å²) in [6.07, 6.45) is 1.25. The van der Waals surface area contributed by atoms with Gasteiger partial charge in [-0.1, -0.05) is 6.92 Å². The number of nitro groups is 1. The van der Waals surface area contributed by atoms with E-state index in [1.165, 1.54) is 10.8 Å². The number of ether oxygens (including phenoxy) is 1. The van der Waals surface area contributed by atoms with E-state index in [2.05, 4.69) is 4.98 Å². The van der Waals surface area contributed by atoms with Crippen LogP contribution in [0.3, 0.4) is 0 Å². The van der Waals surface area contributed by atoms with Crippen LogP contribution in [0.2, 0.25) is 0 Å². The summed E-state index contributed by atoms with van der Waals surface area (Å²) in [4.78, 5) is 27.7. The van der Waals surface area contributed by atoms with Crippen molar-refractivity contribution in [1.29, 1.82) is 0 Å². The second-order valence-electron chi connectivity index (χ2n) is 4.25. The van der Waals surface area contributed by atoms with Gasteiger partial charge in [0.25, 0.3) is 0 Å². The number of hydrogen-bond acceptors (Lipinski definition) is 6. The quantitative estimate of drug-likeness (QED) is 0.401. The van der Waals surface area contributed by atoms with Crippen molar-refractivity contribution in [2.75, 3.05) is 26.2 Å². The third-order valence-electron chi connectivity index (χ3n) is 2.97. The zero-order valence-corrected chi connectivity index (χ0v) is 12.0. The summed E-state index contributed by atoms with van der Waals surface area (Å²) in [5, 5.41) is 10.9. The van der Waals surface area contributed by atoms with Crippen LogP contribution in [0.15, 0.2) is 6.20 Å². The Hall–Kier alpha value is -1.96. The number of esters is 1. The summed E-state index contributed by atoms with van der Waals surface area (Å²) >= 11 is 0. The van der Waals surface area contributed by atoms with Crippen molar-refractivity contribution >= 4 is 11.8 Å².